The van der Waals surface area contributed by atoms with Crippen molar-refractivity contribution in [2.24, 2.45) is 5.92 Å². The van der Waals surface area contributed by atoms with Crippen LogP contribution in [0.1, 0.15) is 58.5 Å². The number of carbonyl (C=O) groups excluding carboxylic acids is 1. The summed E-state index contributed by atoms with van der Waals surface area (Å²) in [6.07, 6.45) is 2.57. The van der Waals surface area contributed by atoms with Crippen molar-refractivity contribution in [3.05, 3.63) is 52.8 Å². The first kappa shape index (κ1) is 15.9. The summed E-state index contributed by atoms with van der Waals surface area (Å²) >= 11 is 0. The molecule has 0 bridgehead atoms. The number of hydrogen-bond donors (Lipinski definition) is 2. The molecule has 6 nitrogen and oxygen atoms in total. The summed E-state index contributed by atoms with van der Waals surface area (Å²) in [5, 5.41) is 16.3. The minimum atomic E-state index is -1.03. The van der Waals surface area contributed by atoms with E-state index in [0.717, 1.165) is 25.0 Å². The maximum atomic E-state index is 12.6. The molecule has 0 saturated heterocycles. The number of carbonyl (C=O) groups is 2. The Bertz CT molecular complexity index is 842. The Labute approximate surface area is 145 Å². The lowest BCUT2D eigenvalue weighted by Crippen LogP contribution is -2.33. The van der Waals surface area contributed by atoms with Crippen LogP contribution in [0, 0.1) is 12.8 Å². The maximum Gasteiger partial charge on any atom is 0.356 e. The van der Waals surface area contributed by atoms with Gasteiger partial charge >= 0.3 is 5.97 Å². The molecule has 1 aliphatic heterocycles. The van der Waals surface area contributed by atoms with Gasteiger partial charge in [0.15, 0.2) is 5.69 Å². The van der Waals surface area contributed by atoms with Crippen LogP contribution >= 0.6 is 0 Å². The molecular weight excluding hydrogens is 318 g/mol. The van der Waals surface area contributed by atoms with Crippen molar-refractivity contribution in [1.82, 2.24) is 15.1 Å². The molecule has 1 fully saturated rings. The fourth-order valence-electron chi connectivity index (χ4n) is 3.77. The Morgan fingerprint density at radius 2 is 2.16 bits per heavy atom. The van der Waals surface area contributed by atoms with Gasteiger partial charge in [-0.25, -0.2) is 4.79 Å². The summed E-state index contributed by atoms with van der Waals surface area (Å²) in [5.74, 6) is -0.668. The van der Waals surface area contributed by atoms with Gasteiger partial charge in [-0.15, -0.1) is 0 Å². The van der Waals surface area contributed by atoms with Gasteiger partial charge in [-0.3, -0.25) is 9.48 Å². The molecule has 1 aromatic heterocycles. The second kappa shape index (κ2) is 6.02. The number of aromatic carboxylic acids is 1. The minimum absolute atomic E-state index is 0.0130. The molecule has 3 atom stereocenters. The smallest absolute Gasteiger partial charge is 0.356 e. The van der Waals surface area contributed by atoms with Crippen molar-refractivity contribution in [3.8, 4) is 0 Å². The number of hydrogen-bond acceptors (Lipinski definition) is 3. The molecule has 4 rings (SSSR count). The van der Waals surface area contributed by atoms with E-state index in [4.69, 9.17) is 5.11 Å². The number of fused-ring (bicyclic) bond motifs is 1. The molecule has 6 heteroatoms. The van der Waals surface area contributed by atoms with Gasteiger partial charge in [-0.2, -0.15) is 5.10 Å². The summed E-state index contributed by atoms with van der Waals surface area (Å²) in [4.78, 5) is 23.8. The number of nitrogens with one attached hydrogen (secondary N) is 1. The zero-order chi connectivity index (χ0) is 17.6. The summed E-state index contributed by atoms with van der Waals surface area (Å²) < 4.78 is 1.71. The van der Waals surface area contributed by atoms with Crippen molar-refractivity contribution in [2.75, 3.05) is 0 Å². The van der Waals surface area contributed by atoms with E-state index in [0.29, 0.717) is 12.5 Å². The van der Waals surface area contributed by atoms with Gasteiger partial charge in [0.1, 0.15) is 0 Å². The van der Waals surface area contributed by atoms with E-state index in [1.54, 1.807) is 10.7 Å². The second-order valence-electron chi connectivity index (χ2n) is 7.05. The molecule has 25 heavy (non-hydrogen) atoms. The van der Waals surface area contributed by atoms with Gasteiger partial charge < -0.3 is 10.4 Å². The quantitative estimate of drug-likeness (QED) is 0.897. The monoisotopic (exact) mass is 339 g/mol. The number of nitrogens with zero attached hydrogens (tertiary/aromatic N) is 2. The van der Waals surface area contributed by atoms with Crippen LogP contribution in [0.25, 0.3) is 0 Å². The van der Waals surface area contributed by atoms with E-state index >= 15 is 0 Å². The van der Waals surface area contributed by atoms with Gasteiger partial charge in [0.25, 0.3) is 0 Å². The highest BCUT2D eigenvalue weighted by molar-refractivity contribution is 5.86. The van der Waals surface area contributed by atoms with Gasteiger partial charge in [-0.1, -0.05) is 29.8 Å². The van der Waals surface area contributed by atoms with Crippen LogP contribution in [-0.2, 0) is 11.3 Å². The summed E-state index contributed by atoms with van der Waals surface area (Å²) in [6, 6.07) is 9.75. The topological polar surface area (TPSA) is 84.2 Å². The molecule has 1 amide bonds. The molecule has 1 unspecified atom stereocenters. The standard InChI is InChI=1S/C19H21N3O3/c1-11-4-2-5-12(8-11)13-9-14(13)18(23)20-15-6-3-7-22-17(15)10-16(21-22)19(24)25/h2,4-5,8,10,13-15H,3,6-7,9H2,1H3,(H,20,23)(H,24,25)/t13-,14+,15?/m0/s1. The molecule has 2 N–H and O–H groups in total. The largest absolute Gasteiger partial charge is 0.476 e. The highest BCUT2D eigenvalue weighted by Gasteiger charge is 2.44. The molecule has 1 saturated carbocycles. The number of benzene rings is 1. The highest BCUT2D eigenvalue weighted by atomic mass is 16.4. The van der Waals surface area contributed by atoms with Crippen LogP contribution in [0.2, 0.25) is 0 Å². The molecule has 0 spiro atoms. The van der Waals surface area contributed by atoms with Crippen LogP contribution in [0.3, 0.4) is 0 Å². The molecule has 2 aliphatic rings. The van der Waals surface area contributed by atoms with Crippen molar-refractivity contribution in [3.63, 3.8) is 0 Å². The lowest BCUT2D eigenvalue weighted by Gasteiger charge is -2.24. The highest BCUT2D eigenvalue weighted by Crippen LogP contribution is 2.48. The van der Waals surface area contributed by atoms with Gasteiger partial charge in [0, 0.05) is 12.5 Å². The van der Waals surface area contributed by atoms with Crippen LogP contribution < -0.4 is 5.32 Å². The summed E-state index contributed by atoms with van der Waals surface area (Å²) in [5.41, 5.74) is 3.27. The first-order chi connectivity index (χ1) is 12.0. The Balaban J connectivity index is 1.45. The Morgan fingerprint density at radius 1 is 1.32 bits per heavy atom. The van der Waals surface area contributed by atoms with Crippen LogP contribution in [0.5, 0.6) is 0 Å². The molecule has 2 heterocycles. The van der Waals surface area contributed by atoms with E-state index in [1.807, 2.05) is 6.07 Å². The van der Waals surface area contributed by atoms with Crippen LogP contribution in [-0.4, -0.2) is 26.8 Å². The third-order valence-corrected chi connectivity index (χ3v) is 5.16. The molecular formula is C19H21N3O3. The zero-order valence-electron chi connectivity index (χ0n) is 14.1. The third-order valence-electron chi connectivity index (χ3n) is 5.16. The van der Waals surface area contributed by atoms with Crippen LogP contribution in [0.15, 0.2) is 30.3 Å². The van der Waals surface area contributed by atoms with Gasteiger partial charge in [0.2, 0.25) is 5.91 Å². The SMILES string of the molecule is Cc1cccc([C@@H]2C[C@H]2C(=O)NC2CCCn3nc(C(=O)O)cc32)c1. The van der Waals surface area contributed by atoms with Crippen molar-refractivity contribution in [2.45, 2.75) is 44.7 Å². The van der Waals surface area contributed by atoms with E-state index in [1.165, 1.54) is 11.1 Å². The molecule has 1 aromatic carbocycles. The molecule has 0 radical (unpaired) electrons. The summed E-state index contributed by atoms with van der Waals surface area (Å²) in [6.45, 7) is 2.76. The predicted molar refractivity (Wildman–Crippen MR) is 91.3 cm³/mol. The normalized spacial score (nSPS) is 24.4. The van der Waals surface area contributed by atoms with Crippen molar-refractivity contribution >= 4 is 11.9 Å². The first-order valence-electron chi connectivity index (χ1n) is 8.71. The lowest BCUT2D eigenvalue weighted by atomic mass is 10.0. The average molecular weight is 339 g/mol. The molecule has 130 valence electrons. The van der Waals surface area contributed by atoms with Gasteiger partial charge in [-0.05, 0) is 43.7 Å². The first-order valence-corrected chi connectivity index (χ1v) is 8.71. The molecule has 2 aromatic rings. The van der Waals surface area contributed by atoms with Crippen molar-refractivity contribution < 1.29 is 14.7 Å². The lowest BCUT2D eigenvalue weighted by molar-refractivity contribution is -0.123. The van der Waals surface area contributed by atoms with E-state index < -0.39 is 5.97 Å². The van der Waals surface area contributed by atoms with E-state index in [9.17, 15) is 9.59 Å². The molecule has 1 aliphatic carbocycles. The number of aromatic nitrogens is 2. The van der Waals surface area contributed by atoms with Gasteiger partial charge in [0.05, 0.1) is 11.7 Å². The Hall–Kier alpha value is -2.63. The fourth-order valence-corrected chi connectivity index (χ4v) is 3.77. The summed E-state index contributed by atoms with van der Waals surface area (Å²) in [7, 11) is 0. The Kier molecular flexibility index (Phi) is 3.82. The number of carboxylic acids is 1. The van der Waals surface area contributed by atoms with E-state index in [-0.39, 0.29) is 23.6 Å². The minimum Gasteiger partial charge on any atom is -0.476 e. The van der Waals surface area contributed by atoms with Crippen LogP contribution in [0.4, 0.5) is 0 Å². The zero-order valence-corrected chi connectivity index (χ0v) is 14.1. The van der Waals surface area contributed by atoms with Crippen molar-refractivity contribution in [1.29, 1.82) is 0 Å². The Morgan fingerprint density at radius 3 is 2.92 bits per heavy atom. The maximum absolute atomic E-state index is 12.6. The third kappa shape index (κ3) is 3.04. The number of rotatable bonds is 4. The average Bonchev–Trinajstić information content (AvgIpc) is 3.26. The number of amides is 1. The predicted octanol–water partition coefficient (Wildman–Crippen LogP) is 2.64. The second-order valence-corrected chi connectivity index (χ2v) is 7.05. The number of aryl methyl sites for hydroxylation is 2. The fraction of sp³-hybridized carbons (Fsp3) is 0.421. The van der Waals surface area contributed by atoms with E-state index in [2.05, 4.69) is 35.5 Å². The number of carboxylic acid groups (broad SMARTS) is 1.